The van der Waals surface area contributed by atoms with Gasteiger partial charge in [0.1, 0.15) is 0 Å². The maximum absolute atomic E-state index is 10.8. The number of carbonyl (C=O) groups is 1. The van der Waals surface area contributed by atoms with Crippen molar-refractivity contribution < 1.29 is 4.79 Å². The Hall–Kier alpha value is -0.790. The van der Waals surface area contributed by atoms with E-state index in [0.717, 1.165) is 12.5 Å². The fraction of sp³-hybridized carbons (Fsp3) is 0.727. The van der Waals surface area contributed by atoms with E-state index in [0.29, 0.717) is 12.2 Å². The highest BCUT2D eigenvalue weighted by Crippen LogP contribution is 2.27. The van der Waals surface area contributed by atoms with Crippen molar-refractivity contribution in [2.75, 3.05) is 13.1 Å². The average Bonchev–Trinajstić information content (AvgIpc) is 2.13. The SMILES string of the molecule is CCC1CCCN(C2=CC(=O)C2)C1. The van der Waals surface area contributed by atoms with Gasteiger partial charge in [0, 0.05) is 24.9 Å². The molecule has 2 heteroatoms. The molecule has 0 spiro atoms. The highest BCUT2D eigenvalue weighted by Gasteiger charge is 2.25. The lowest BCUT2D eigenvalue weighted by atomic mass is 9.93. The van der Waals surface area contributed by atoms with Crippen LogP contribution in [-0.2, 0) is 4.79 Å². The second kappa shape index (κ2) is 3.52. The van der Waals surface area contributed by atoms with Gasteiger partial charge in [-0.15, -0.1) is 0 Å². The molecule has 2 nitrogen and oxygen atoms in total. The molecule has 1 fully saturated rings. The Labute approximate surface area is 79.6 Å². The molecule has 2 aliphatic rings. The van der Waals surface area contributed by atoms with E-state index in [9.17, 15) is 4.79 Å². The van der Waals surface area contributed by atoms with E-state index in [4.69, 9.17) is 0 Å². The zero-order valence-electron chi connectivity index (χ0n) is 8.25. The molecule has 72 valence electrons. The van der Waals surface area contributed by atoms with E-state index < -0.39 is 0 Å². The summed E-state index contributed by atoms with van der Waals surface area (Å²) in [5, 5.41) is 0. The van der Waals surface area contributed by atoms with Gasteiger partial charge in [-0.3, -0.25) is 4.79 Å². The molecule has 0 aromatic rings. The average molecular weight is 179 g/mol. The summed E-state index contributed by atoms with van der Waals surface area (Å²) in [6, 6.07) is 0. The van der Waals surface area contributed by atoms with Crippen LogP contribution in [-0.4, -0.2) is 23.8 Å². The zero-order chi connectivity index (χ0) is 9.26. The van der Waals surface area contributed by atoms with E-state index >= 15 is 0 Å². The number of carbonyl (C=O) groups excluding carboxylic acids is 1. The van der Waals surface area contributed by atoms with Crippen LogP contribution < -0.4 is 0 Å². The van der Waals surface area contributed by atoms with Crippen molar-refractivity contribution in [3.8, 4) is 0 Å². The van der Waals surface area contributed by atoms with Crippen LogP contribution in [0.15, 0.2) is 11.8 Å². The van der Waals surface area contributed by atoms with Gasteiger partial charge in [-0.2, -0.15) is 0 Å². The first kappa shape index (κ1) is 8.79. The Morgan fingerprint density at radius 2 is 2.38 bits per heavy atom. The molecular weight excluding hydrogens is 162 g/mol. The van der Waals surface area contributed by atoms with E-state index in [2.05, 4.69) is 11.8 Å². The lowest BCUT2D eigenvalue weighted by molar-refractivity contribution is -0.116. The minimum absolute atomic E-state index is 0.300. The molecule has 0 radical (unpaired) electrons. The van der Waals surface area contributed by atoms with Gasteiger partial charge in [-0.25, -0.2) is 0 Å². The minimum Gasteiger partial charge on any atom is -0.374 e. The van der Waals surface area contributed by atoms with E-state index in [-0.39, 0.29) is 0 Å². The van der Waals surface area contributed by atoms with Crippen molar-refractivity contribution in [3.05, 3.63) is 11.8 Å². The van der Waals surface area contributed by atoms with Gasteiger partial charge in [0.2, 0.25) is 0 Å². The van der Waals surface area contributed by atoms with E-state index in [1.807, 2.05) is 0 Å². The lowest BCUT2D eigenvalue weighted by Crippen LogP contribution is -2.37. The van der Waals surface area contributed by atoms with Crippen LogP contribution in [0.1, 0.15) is 32.6 Å². The van der Waals surface area contributed by atoms with Crippen LogP contribution in [0.3, 0.4) is 0 Å². The summed E-state index contributed by atoms with van der Waals surface area (Å²) < 4.78 is 0. The molecule has 1 atom stereocenters. The first-order valence-corrected chi connectivity index (χ1v) is 5.28. The molecule has 1 saturated heterocycles. The Morgan fingerprint density at radius 3 is 3.00 bits per heavy atom. The largest absolute Gasteiger partial charge is 0.374 e. The Bertz CT molecular complexity index is 244. The molecule has 1 aliphatic heterocycles. The number of allylic oxidation sites excluding steroid dienone is 2. The number of hydrogen-bond donors (Lipinski definition) is 0. The molecule has 0 amide bonds. The Balaban J connectivity index is 1.93. The van der Waals surface area contributed by atoms with Crippen LogP contribution in [0.4, 0.5) is 0 Å². The fourth-order valence-electron chi connectivity index (χ4n) is 2.20. The van der Waals surface area contributed by atoms with Gasteiger partial charge >= 0.3 is 0 Å². The highest BCUT2D eigenvalue weighted by molar-refractivity contribution is 5.98. The summed E-state index contributed by atoms with van der Waals surface area (Å²) in [6.45, 7) is 4.60. The van der Waals surface area contributed by atoms with Crippen LogP contribution in [0.25, 0.3) is 0 Å². The number of hydrogen-bond acceptors (Lipinski definition) is 2. The molecule has 0 N–H and O–H groups in total. The van der Waals surface area contributed by atoms with Crippen molar-refractivity contribution in [2.45, 2.75) is 32.6 Å². The maximum Gasteiger partial charge on any atom is 0.163 e. The van der Waals surface area contributed by atoms with Crippen LogP contribution in [0, 0.1) is 5.92 Å². The van der Waals surface area contributed by atoms with Crippen LogP contribution in [0.5, 0.6) is 0 Å². The number of nitrogens with zero attached hydrogens (tertiary/aromatic N) is 1. The van der Waals surface area contributed by atoms with Crippen molar-refractivity contribution in [1.29, 1.82) is 0 Å². The van der Waals surface area contributed by atoms with Gasteiger partial charge in [-0.05, 0) is 18.8 Å². The third-order valence-electron chi connectivity index (χ3n) is 3.19. The van der Waals surface area contributed by atoms with Gasteiger partial charge in [-0.1, -0.05) is 13.3 Å². The number of ketones is 1. The fourth-order valence-corrected chi connectivity index (χ4v) is 2.20. The van der Waals surface area contributed by atoms with Crippen LogP contribution >= 0.6 is 0 Å². The summed E-state index contributed by atoms with van der Waals surface area (Å²) in [5.41, 5.74) is 1.28. The third kappa shape index (κ3) is 1.77. The molecule has 0 aromatic carbocycles. The first-order valence-electron chi connectivity index (χ1n) is 5.28. The highest BCUT2D eigenvalue weighted by atomic mass is 16.1. The molecule has 0 saturated carbocycles. The number of piperidine rings is 1. The van der Waals surface area contributed by atoms with Gasteiger partial charge < -0.3 is 4.90 Å². The number of rotatable bonds is 2. The summed E-state index contributed by atoms with van der Waals surface area (Å²) in [6.07, 6.45) is 6.43. The molecule has 0 aromatic heterocycles. The zero-order valence-corrected chi connectivity index (χ0v) is 8.25. The van der Waals surface area contributed by atoms with Crippen molar-refractivity contribution in [3.63, 3.8) is 0 Å². The number of likely N-dealkylation sites (tertiary alicyclic amines) is 1. The van der Waals surface area contributed by atoms with Crippen molar-refractivity contribution >= 4 is 5.78 Å². The monoisotopic (exact) mass is 179 g/mol. The predicted octanol–water partition coefficient (Wildman–Crippen LogP) is 1.97. The summed E-state index contributed by atoms with van der Waals surface area (Å²) in [5.74, 6) is 1.15. The summed E-state index contributed by atoms with van der Waals surface area (Å²) >= 11 is 0. The van der Waals surface area contributed by atoms with E-state index in [1.54, 1.807) is 6.08 Å². The Morgan fingerprint density at radius 1 is 1.62 bits per heavy atom. The van der Waals surface area contributed by atoms with Gasteiger partial charge in [0.05, 0.1) is 6.42 Å². The quantitative estimate of drug-likeness (QED) is 0.646. The van der Waals surface area contributed by atoms with Gasteiger partial charge in [0.25, 0.3) is 0 Å². The maximum atomic E-state index is 10.8. The molecule has 1 heterocycles. The minimum atomic E-state index is 0.300. The molecule has 0 bridgehead atoms. The molecule has 1 unspecified atom stereocenters. The normalized spacial score (nSPS) is 28.4. The third-order valence-corrected chi connectivity index (χ3v) is 3.19. The molecule has 2 rings (SSSR count). The standard InChI is InChI=1S/C11H17NO/c1-2-9-4-3-5-12(8-9)10-6-11(13)7-10/h6,9H,2-5,7-8H2,1H3. The topological polar surface area (TPSA) is 20.3 Å². The van der Waals surface area contributed by atoms with E-state index in [1.165, 1.54) is 31.5 Å². The lowest BCUT2D eigenvalue weighted by Gasteiger charge is -2.37. The van der Waals surface area contributed by atoms with Crippen LogP contribution in [0.2, 0.25) is 0 Å². The molecular formula is C11H17NO. The summed E-state index contributed by atoms with van der Waals surface area (Å²) in [7, 11) is 0. The molecule has 1 aliphatic carbocycles. The smallest absolute Gasteiger partial charge is 0.163 e. The predicted molar refractivity (Wildman–Crippen MR) is 52.3 cm³/mol. The molecule has 13 heavy (non-hydrogen) atoms. The Kier molecular flexibility index (Phi) is 2.38. The first-order chi connectivity index (χ1) is 6.29. The van der Waals surface area contributed by atoms with Crippen molar-refractivity contribution in [2.24, 2.45) is 5.92 Å². The van der Waals surface area contributed by atoms with Gasteiger partial charge in [0.15, 0.2) is 5.78 Å². The van der Waals surface area contributed by atoms with Crippen molar-refractivity contribution in [1.82, 2.24) is 4.90 Å². The summed E-state index contributed by atoms with van der Waals surface area (Å²) in [4.78, 5) is 13.2. The second-order valence-corrected chi connectivity index (χ2v) is 4.14. The second-order valence-electron chi connectivity index (χ2n) is 4.14.